The summed E-state index contributed by atoms with van der Waals surface area (Å²) in [7, 11) is 0. The van der Waals surface area contributed by atoms with E-state index in [1.54, 1.807) is 11.1 Å². The quantitative estimate of drug-likeness (QED) is 0.527. The Hall–Kier alpha value is -0.780. The second-order valence-electron chi connectivity index (χ2n) is 7.79. The van der Waals surface area contributed by atoms with Crippen LogP contribution in [0.15, 0.2) is 0 Å². The van der Waals surface area contributed by atoms with E-state index in [0.29, 0.717) is 10.8 Å². The molecule has 0 nitrogen and oxygen atoms in total. The first kappa shape index (κ1) is 19.3. The predicted molar refractivity (Wildman–Crippen MR) is 101 cm³/mol. The summed E-state index contributed by atoms with van der Waals surface area (Å²) in [6.07, 6.45) is 4.84. The van der Waals surface area contributed by atoms with Gasteiger partial charge in [0.05, 0.1) is 0 Å². The third kappa shape index (κ3) is 2.86. The Morgan fingerprint density at radius 1 is 0.500 bits per heavy atom. The first-order chi connectivity index (χ1) is 10.1. The molecule has 0 saturated carbocycles. The third-order valence-corrected chi connectivity index (χ3v) is 6.95. The van der Waals surface area contributed by atoms with Crippen LogP contribution in [0.2, 0.25) is 0 Å². The first-order valence-corrected chi connectivity index (χ1v) is 9.24. The molecule has 0 spiro atoms. The second kappa shape index (κ2) is 6.77. The Morgan fingerprint density at radius 2 is 0.682 bits per heavy atom. The van der Waals surface area contributed by atoms with Crippen LogP contribution in [0.25, 0.3) is 0 Å². The van der Waals surface area contributed by atoms with Gasteiger partial charge in [-0.25, -0.2) is 0 Å². The Bertz CT molecular complexity index is 447. The summed E-state index contributed by atoms with van der Waals surface area (Å²) in [5, 5.41) is 0. The summed E-state index contributed by atoms with van der Waals surface area (Å²) in [4.78, 5) is 0. The maximum absolute atomic E-state index is 2.44. The fraction of sp³-hybridized carbons (Fsp3) is 0.727. The van der Waals surface area contributed by atoms with Crippen molar-refractivity contribution in [3.63, 3.8) is 0 Å². The predicted octanol–water partition coefficient (Wildman–Crippen LogP) is 7.08. The van der Waals surface area contributed by atoms with E-state index in [2.05, 4.69) is 69.2 Å². The average Bonchev–Trinajstić information content (AvgIpc) is 2.52. The minimum atomic E-state index is 0.303. The minimum absolute atomic E-state index is 0.303. The normalized spacial score (nSPS) is 12.8. The summed E-state index contributed by atoms with van der Waals surface area (Å²) in [5.74, 6) is 0. The van der Waals surface area contributed by atoms with Crippen molar-refractivity contribution in [2.75, 3.05) is 0 Å². The van der Waals surface area contributed by atoms with E-state index in [4.69, 9.17) is 0 Å². The van der Waals surface area contributed by atoms with E-state index >= 15 is 0 Å². The van der Waals surface area contributed by atoms with Crippen LogP contribution in [-0.2, 0) is 10.8 Å². The molecule has 0 heterocycles. The lowest BCUT2D eigenvalue weighted by Gasteiger charge is -2.38. The van der Waals surface area contributed by atoms with Crippen LogP contribution in [0.3, 0.4) is 0 Å². The van der Waals surface area contributed by atoms with Crippen molar-refractivity contribution in [1.29, 1.82) is 0 Å². The van der Waals surface area contributed by atoms with Crippen LogP contribution in [-0.4, -0.2) is 0 Å². The van der Waals surface area contributed by atoms with Crippen molar-refractivity contribution in [3.8, 4) is 0 Å². The van der Waals surface area contributed by atoms with E-state index in [9.17, 15) is 0 Å². The summed E-state index contributed by atoms with van der Waals surface area (Å²) in [5.41, 5.74) is 10.00. The summed E-state index contributed by atoms with van der Waals surface area (Å²) in [6, 6.07) is 0. The van der Waals surface area contributed by atoms with Crippen LogP contribution >= 0.6 is 0 Å². The van der Waals surface area contributed by atoms with Crippen molar-refractivity contribution in [2.45, 2.75) is 106 Å². The minimum Gasteiger partial charge on any atom is -0.0645 e. The number of benzene rings is 1. The van der Waals surface area contributed by atoms with Gasteiger partial charge in [0.25, 0.3) is 0 Å². The molecule has 0 saturated heterocycles. The lowest BCUT2D eigenvalue weighted by atomic mass is 9.67. The largest absolute Gasteiger partial charge is 0.0645 e. The van der Waals surface area contributed by atoms with Gasteiger partial charge in [0, 0.05) is 0 Å². The zero-order valence-electron chi connectivity index (χ0n) is 16.8. The maximum Gasteiger partial charge on any atom is -0.00750 e. The van der Waals surface area contributed by atoms with E-state index in [0.717, 1.165) is 0 Å². The number of rotatable bonds is 6. The first-order valence-electron chi connectivity index (χ1n) is 9.24. The molecule has 1 aromatic rings. The van der Waals surface area contributed by atoms with Crippen molar-refractivity contribution in [2.24, 2.45) is 0 Å². The Labute approximate surface area is 139 Å². The number of hydrogen-bond acceptors (Lipinski definition) is 0. The average molecular weight is 303 g/mol. The van der Waals surface area contributed by atoms with Gasteiger partial charge in [-0.1, -0.05) is 41.5 Å². The molecule has 0 fully saturated rings. The molecular weight excluding hydrogens is 264 g/mol. The van der Waals surface area contributed by atoms with Gasteiger partial charge in [0.2, 0.25) is 0 Å². The molecule has 126 valence electrons. The Balaban J connectivity index is 3.80. The molecule has 0 radical (unpaired) electrons. The molecule has 0 bridgehead atoms. The number of hydrogen-bond donors (Lipinski definition) is 0. The molecule has 1 rings (SSSR count). The van der Waals surface area contributed by atoms with Crippen molar-refractivity contribution in [1.82, 2.24) is 0 Å². The Kier molecular flexibility index (Phi) is 5.93. The fourth-order valence-corrected chi connectivity index (χ4v) is 4.33. The van der Waals surface area contributed by atoms with Gasteiger partial charge in [-0.05, 0) is 97.6 Å². The smallest absolute Gasteiger partial charge is 0.00750 e. The van der Waals surface area contributed by atoms with Gasteiger partial charge >= 0.3 is 0 Å². The van der Waals surface area contributed by atoms with Crippen molar-refractivity contribution < 1.29 is 0 Å². The molecule has 0 amide bonds. The highest BCUT2D eigenvalue weighted by atomic mass is 14.4. The van der Waals surface area contributed by atoms with Crippen LogP contribution in [0.5, 0.6) is 0 Å². The summed E-state index contributed by atoms with van der Waals surface area (Å²) in [6.45, 7) is 23.7. The Morgan fingerprint density at radius 3 is 0.818 bits per heavy atom. The van der Waals surface area contributed by atoms with Crippen molar-refractivity contribution in [3.05, 3.63) is 33.4 Å². The standard InChI is InChI=1S/C22H38/c1-11-21(9,12-2)19-15(5)17(7)20(18(8)16(19)6)22(10,13-3)14-4/h11-14H2,1-10H3. The van der Waals surface area contributed by atoms with Gasteiger partial charge in [0.15, 0.2) is 0 Å². The molecule has 0 aliphatic heterocycles. The summed E-state index contributed by atoms with van der Waals surface area (Å²) < 4.78 is 0. The lowest BCUT2D eigenvalue weighted by molar-refractivity contribution is 0.422. The second-order valence-corrected chi connectivity index (χ2v) is 7.79. The van der Waals surface area contributed by atoms with E-state index in [-0.39, 0.29) is 0 Å². The topological polar surface area (TPSA) is 0 Å². The molecule has 0 unspecified atom stereocenters. The highest BCUT2D eigenvalue weighted by Crippen LogP contribution is 2.44. The van der Waals surface area contributed by atoms with E-state index in [1.165, 1.54) is 47.9 Å². The maximum atomic E-state index is 2.44. The van der Waals surface area contributed by atoms with Gasteiger partial charge < -0.3 is 0 Å². The molecular formula is C22H38. The summed E-state index contributed by atoms with van der Waals surface area (Å²) >= 11 is 0. The molecule has 1 aromatic carbocycles. The van der Waals surface area contributed by atoms with Gasteiger partial charge in [-0.3, -0.25) is 0 Å². The molecule has 0 aliphatic carbocycles. The molecule has 0 aromatic heterocycles. The third-order valence-electron chi connectivity index (χ3n) is 6.95. The van der Waals surface area contributed by atoms with Gasteiger partial charge in [-0.15, -0.1) is 0 Å². The monoisotopic (exact) mass is 302 g/mol. The zero-order chi connectivity index (χ0) is 17.3. The SMILES string of the molecule is CCC(C)(CC)c1c(C)c(C)c(C(C)(CC)CC)c(C)c1C. The van der Waals surface area contributed by atoms with E-state index < -0.39 is 0 Å². The highest BCUT2D eigenvalue weighted by molar-refractivity contribution is 5.55. The molecule has 0 N–H and O–H groups in total. The molecule has 0 atom stereocenters. The van der Waals surface area contributed by atoms with Gasteiger partial charge in [0.1, 0.15) is 0 Å². The zero-order valence-corrected chi connectivity index (χ0v) is 16.8. The lowest BCUT2D eigenvalue weighted by Crippen LogP contribution is -2.28. The highest BCUT2D eigenvalue weighted by Gasteiger charge is 2.33. The van der Waals surface area contributed by atoms with E-state index in [1.807, 2.05) is 0 Å². The van der Waals surface area contributed by atoms with Gasteiger partial charge in [-0.2, -0.15) is 0 Å². The molecule has 22 heavy (non-hydrogen) atoms. The van der Waals surface area contributed by atoms with Crippen LogP contribution < -0.4 is 0 Å². The molecule has 0 aliphatic rings. The van der Waals surface area contributed by atoms with Crippen molar-refractivity contribution >= 4 is 0 Å². The van der Waals surface area contributed by atoms with Crippen LogP contribution in [0, 0.1) is 27.7 Å². The van der Waals surface area contributed by atoms with Crippen LogP contribution in [0.4, 0.5) is 0 Å². The van der Waals surface area contributed by atoms with Crippen LogP contribution in [0.1, 0.15) is 101 Å². The fourth-order valence-electron chi connectivity index (χ4n) is 4.33. The molecule has 0 heteroatoms.